The van der Waals surface area contributed by atoms with Gasteiger partial charge in [0.05, 0.1) is 0 Å². The average Bonchev–Trinajstić information content (AvgIpc) is 2.30. The lowest BCUT2D eigenvalue weighted by atomic mass is 9.92. The molecular weight excluding hydrogens is 281 g/mol. The van der Waals surface area contributed by atoms with E-state index in [-0.39, 0.29) is 5.82 Å². The first-order valence-corrected chi connectivity index (χ1v) is 7.05. The number of rotatable bonds is 6. The molecule has 96 valence electrons. The first-order valence-electron chi connectivity index (χ1n) is 6.25. The van der Waals surface area contributed by atoms with Gasteiger partial charge in [-0.25, -0.2) is 4.39 Å². The molecule has 0 aliphatic carbocycles. The van der Waals surface area contributed by atoms with Crippen molar-refractivity contribution in [2.75, 3.05) is 6.54 Å². The molecule has 2 atom stereocenters. The van der Waals surface area contributed by atoms with Crippen molar-refractivity contribution in [2.45, 2.75) is 39.7 Å². The van der Waals surface area contributed by atoms with Crippen LogP contribution in [0.3, 0.4) is 0 Å². The fraction of sp³-hybridized carbons (Fsp3) is 0.571. The Bertz CT molecular complexity index is 354. The van der Waals surface area contributed by atoms with Gasteiger partial charge in [-0.2, -0.15) is 0 Å². The van der Waals surface area contributed by atoms with Crippen molar-refractivity contribution in [3.63, 3.8) is 0 Å². The van der Waals surface area contributed by atoms with Gasteiger partial charge in [0.2, 0.25) is 0 Å². The van der Waals surface area contributed by atoms with Gasteiger partial charge >= 0.3 is 0 Å². The van der Waals surface area contributed by atoms with Crippen molar-refractivity contribution in [1.82, 2.24) is 5.32 Å². The molecule has 1 rings (SSSR count). The molecule has 3 heteroatoms. The molecule has 2 unspecified atom stereocenters. The molecule has 0 spiro atoms. The molecule has 0 saturated carbocycles. The van der Waals surface area contributed by atoms with Crippen LogP contribution in [0.5, 0.6) is 0 Å². The minimum atomic E-state index is -0.105. The van der Waals surface area contributed by atoms with Gasteiger partial charge in [0.25, 0.3) is 0 Å². The van der Waals surface area contributed by atoms with E-state index in [2.05, 4.69) is 42.0 Å². The minimum Gasteiger partial charge on any atom is -0.314 e. The van der Waals surface area contributed by atoms with Gasteiger partial charge < -0.3 is 5.32 Å². The first kappa shape index (κ1) is 14.7. The Morgan fingerprint density at radius 3 is 2.65 bits per heavy atom. The zero-order valence-electron chi connectivity index (χ0n) is 10.8. The molecule has 0 heterocycles. The lowest BCUT2D eigenvalue weighted by Gasteiger charge is -2.23. The zero-order valence-corrected chi connectivity index (χ0v) is 12.3. The van der Waals surface area contributed by atoms with Crippen LogP contribution in [-0.2, 0) is 6.42 Å². The summed E-state index contributed by atoms with van der Waals surface area (Å²) in [5, 5.41) is 3.45. The SMILES string of the molecule is CCNC(CC)C(C)Cc1cc(Br)ccc1F. The summed E-state index contributed by atoms with van der Waals surface area (Å²) >= 11 is 3.39. The van der Waals surface area contributed by atoms with Crippen LogP contribution in [0.15, 0.2) is 22.7 Å². The van der Waals surface area contributed by atoms with Crippen molar-refractivity contribution in [3.05, 3.63) is 34.1 Å². The smallest absolute Gasteiger partial charge is 0.126 e. The van der Waals surface area contributed by atoms with Gasteiger partial charge in [-0.1, -0.05) is 36.7 Å². The van der Waals surface area contributed by atoms with Crippen LogP contribution >= 0.6 is 15.9 Å². The molecule has 0 aliphatic heterocycles. The molecule has 0 saturated heterocycles. The van der Waals surface area contributed by atoms with E-state index in [9.17, 15) is 4.39 Å². The van der Waals surface area contributed by atoms with Gasteiger partial charge in [0.15, 0.2) is 0 Å². The standard InChI is InChI=1S/C14H21BrFN/c1-4-14(17-5-2)10(3)8-11-9-12(15)6-7-13(11)16/h6-7,9-10,14,17H,4-5,8H2,1-3H3. The highest BCUT2D eigenvalue weighted by Gasteiger charge is 2.16. The Balaban J connectivity index is 2.72. The average molecular weight is 302 g/mol. The van der Waals surface area contributed by atoms with Crippen LogP contribution in [0.25, 0.3) is 0 Å². The maximum atomic E-state index is 13.6. The van der Waals surface area contributed by atoms with E-state index in [1.54, 1.807) is 6.07 Å². The van der Waals surface area contributed by atoms with E-state index in [1.807, 2.05) is 6.07 Å². The maximum absolute atomic E-state index is 13.6. The number of nitrogens with one attached hydrogen (secondary N) is 1. The van der Waals surface area contributed by atoms with Gasteiger partial charge in [-0.3, -0.25) is 0 Å². The third kappa shape index (κ3) is 4.40. The fourth-order valence-corrected chi connectivity index (χ4v) is 2.61. The van der Waals surface area contributed by atoms with E-state index in [1.165, 1.54) is 6.07 Å². The molecule has 0 aromatic heterocycles. The maximum Gasteiger partial charge on any atom is 0.126 e. The van der Waals surface area contributed by atoms with Crippen molar-refractivity contribution in [2.24, 2.45) is 5.92 Å². The number of halogens is 2. The largest absolute Gasteiger partial charge is 0.314 e. The molecule has 0 aliphatic rings. The van der Waals surface area contributed by atoms with E-state index in [0.29, 0.717) is 12.0 Å². The topological polar surface area (TPSA) is 12.0 Å². The second kappa shape index (κ2) is 7.12. The van der Waals surface area contributed by atoms with Gasteiger partial charge in [-0.05, 0) is 49.1 Å². The predicted octanol–water partition coefficient (Wildman–Crippen LogP) is 4.15. The summed E-state index contributed by atoms with van der Waals surface area (Å²) in [7, 11) is 0. The van der Waals surface area contributed by atoms with Gasteiger partial charge in [-0.15, -0.1) is 0 Å². The molecule has 1 N–H and O–H groups in total. The predicted molar refractivity (Wildman–Crippen MR) is 74.7 cm³/mol. The molecule has 1 aromatic carbocycles. The molecule has 1 aromatic rings. The summed E-state index contributed by atoms with van der Waals surface area (Å²) in [6.07, 6.45) is 1.85. The Morgan fingerprint density at radius 2 is 2.06 bits per heavy atom. The van der Waals surface area contributed by atoms with Crippen LogP contribution < -0.4 is 5.32 Å². The molecule has 0 fully saturated rings. The van der Waals surface area contributed by atoms with Crippen LogP contribution in [-0.4, -0.2) is 12.6 Å². The zero-order chi connectivity index (χ0) is 12.8. The highest BCUT2D eigenvalue weighted by atomic mass is 79.9. The second-order valence-electron chi connectivity index (χ2n) is 4.49. The molecule has 17 heavy (non-hydrogen) atoms. The highest BCUT2D eigenvalue weighted by molar-refractivity contribution is 9.10. The minimum absolute atomic E-state index is 0.105. The van der Waals surface area contributed by atoms with Crippen molar-refractivity contribution in [1.29, 1.82) is 0 Å². The van der Waals surface area contributed by atoms with Crippen LogP contribution in [0.2, 0.25) is 0 Å². The summed E-state index contributed by atoms with van der Waals surface area (Å²) in [6, 6.07) is 5.61. The number of benzene rings is 1. The summed E-state index contributed by atoms with van der Waals surface area (Å²) < 4.78 is 14.6. The normalized spacial score (nSPS) is 14.6. The van der Waals surface area contributed by atoms with Crippen molar-refractivity contribution < 1.29 is 4.39 Å². The Kier molecular flexibility index (Phi) is 6.14. The van der Waals surface area contributed by atoms with Crippen LogP contribution in [0.1, 0.15) is 32.8 Å². The third-order valence-electron chi connectivity index (χ3n) is 3.14. The molecule has 0 amide bonds. The number of hydrogen-bond donors (Lipinski definition) is 1. The van der Waals surface area contributed by atoms with Crippen molar-refractivity contribution >= 4 is 15.9 Å². The highest BCUT2D eigenvalue weighted by Crippen LogP contribution is 2.20. The van der Waals surface area contributed by atoms with Gasteiger partial charge in [0.1, 0.15) is 5.82 Å². The van der Waals surface area contributed by atoms with Crippen LogP contribution in [0, 0.1) is 11.7 Å². The fourth-order valence-electron chi connectivity index (χ4n) is 2.20. The monoisotopic (exact) mass is 301 g/mol. The summed E-state index contributed by atoms with van der Waals surface area (Å²) in [5.41, 5.74) is 0.795. The van der Waals surface area contributed by atoms with Crippen LogP contribution in [0.4, 0.5) is 4.39 Å². The van der Waals surface area contributed by atoms with Crippen molar-refractivity contribution in [3.8, 4) is 0 Å². The second-order valence-corrected chi connectivity index (χ2v) is 5.41. The number of hydrogen-bond acceptors (Lipinski definition) is 1. The Hall–Kier alpha value is -0.410. The lowest BCUT2D eigenvalue weighted by molar-refractivity contribution is 0.367. The molecule has 1 nitrogen and oxygen atoms in total. The van der Waals surface area contributed by atoms with E-state index in [0.717, 1.165) is 29.4 Å². The van der Waals surface area contributed by atoms with E-state index in [4.69, 9.17) is 0 Å². The molecule has 0 bridgehead atoms. The third-order valence-corrected chi connectivity index (χ3v) is 3.64. The Morgan fingerprint density at radius 1 is 1.35 bits per heavy atom. The molecule has 0 radical (unpaired) electrons. The van der Waals surface area contributed by atoms with Gasteiger partial charge in [0, 0.05) is 10.5 Å². The lowest BCUT2D eigenvalue weighted by Crippen LogP contribution is -2.35. The summed E-state index contributed by atoms with van der Waals surface area (Å²) in [6.45, 7) is 7.41. The summed E-state index contributed by atoms with van der Waals surface area (Å²) in [5.74, 6) is 0.329. The quantitative estimate of drug-likeness (QED) is 0.832. The molecular formula is C14H21BrFN. The van der Waals surface area contributed by atoms with E-state index < -0.39 is 0 Å². The first-order chi connectivity index (χ1) is 8.08. The summed E-state index contributed by atoms with van der Waals surface area (Å²) in [4.78, 5) is 0. The van der Waals surface area contributed by atoms with E-state index >= 15 is 0 Å². The Labute approximate surface area is 112 Å².